The second-order valence-corrected chi connectivity index (χ2v) is 9.42. The Morgan fingerprint density at radius 1 is 1.23 bits per heavy atom. The highest BCUT2D eigenvalue weighted by molar-refractivity contribution is 6.32. The number of benzene rings is 1. The maximum atomic E-state index is 13.7. The fourth-order valence-corrected chi connectivity index (χ4v) is 4.50. The van der Waals surface area contributed by atoms with Crippen molar-refractivity contribution in [3.05, 3.63) is 65.1 Å². The Kier molecular flexibility index (Phi) is 5.81. The SMILES string of the molecule is [B]c1ccc(C2CN(C(C)(C)C)CC2C(=O)N2C(=O)OC[C@@H]2CC2=C=C=CC=C2)cc1. The predicted octanol–water partition coefficient (Wildman–Crippen LogP) is 2.84. The van der Waals surface area contributed by atoms with Crippen molar-refractivity contribution in [2.75, 3.05) is 19.7 Å². The standard InChI is InChI=1S/C25H27BN2O3/c1-25(2,3)27-14-21(18-9-11-19(26)12-10-18)22(15-27)23(29)28-20(16-31-24(28)30)13-17-7-5-4-6-8-17/h4-5,7,9-12,20-22H,13-16H2,1-3H3/t20-,21?,22?/m0/s1. The molecule has 1 aromatic carbocycles. The number of allylic oxidation sites excluding steroid dienone is 3. The van der Waals surface area contributed by atoms with Gasteiger partial charge in [0.2, 0.25) is 5.91 Å². The number of hydrogen-bond donors (Lipinski definition) is 0. The van der Waals surface area contributed by atoms with E-state index < -0.39 is 6.09 Å². The van der Waals surface area contributed by atoms with Crippen molar-refractivity contribution in [2.45, 2.75) is 44.7 Å². The van der Waals surface area contributed by atoms with E-state index in [0.29, 0.717) is 18.4 Å². The first kappa shape index (κ1) is 21.5. The summed E-state index contributed by atoms with van der Waals surface area (Å²) in [6.45, 7) is 7.99. The molecule has 2 fully saturated rings. The molecule has 3 aliphatic rings. The Labute approximate surface area is 185 Å². The van der Waals surface area contributed by atoms with E-state index in [0.717, 1.165) is 17.7 Å². The Bertz CT molecular complexity index is 1010. The number of carbonyl (C=O) groups is 2. The van der Waals surface area contributed by atoms with Gasteiger partial charge in [-0.2, -0.15) is 0 Å². The van der Waals surface area contributed by atoms with Crippen LogP contribution < -0.4 is 5.46 Å². The van der Waals surface area contributed by atoms with Gasteiger partial charge in [-0.15, -0.1) is 0 Å². The van der Waals surface area contributed by atoms with Gasteiger partial charge in [-0.3, -0.25) is 9.69 Å². The van der Waals surface area contributed by atoms with Gasteiger partial charge >= 0.3 is 6.09 Å². The minimum absolute atomic E-state index is 0.0157. The molecule has 2 amide bonds. The predicted molar refractivity (Wildman–Crippen MR) is 120 cm³/mol. The molecule has 0 spiro atoms. The number of hydrogen-bond acceptors (Lipinski definition) is 4. The van der Waals surface area contributed by atoms with Crippen molar-refractivity contribution in [1.29, 1.82) is 0 Å². The van der Waals surface area contributed by atoms with E-state index in [1.165, 1.54) is 4.90 Å². The number of cyclic esters (lactones) is 1. The summed E-state index contributed by atoms with van der Waals surface area (Å²) in [6.07, 6.45) is 5.54. The zero-order valence-corrected chi connectivity index (χ0v) is 18.3. The normalized spacial score (nSPS) is 25.8. The summed E-state index contributed by atoms with van der Waals surface area (Å²) >= 11 is 0. The first-order chi connectivity index (χ1) is 14.7. The molecule has 2 unspecified atom stereocenters. The summed E-state index contributed by atoms with van der Waals surface area (Å²) in [7, 11) is 5.87. The smallest absolute Gasteiger partial charge is 0.416 e. The van der Waals surface area contributed by atoms with Gasteiger partial charge < -0.3 is 4.74 Å². The fraction of sp³-hybridized carbons (Fsp3) is 0.440. The quantitative estimate of drug-likeness (QED) is 0.562. The lowest BCUT2D eigenvalue weighted by Gasteiger charge is -2.32. The Balaban J connectivity index is 1.62. The maximum Gasteiger partial charge on any atom is 0.416 e. The minimum atomic E-state index is -0.555. The molecule has 4 rings (SSSR count). The highest BCUT2D eigenvalue weighted by atomic mass is 16.6. The van der Waals surface area contributed by atoms with Crippen molar-refractivity contribution in [3.8, 4) is 0 Å². The van der Waals surface area contributed by atoms with Crippen molar-refractivity contribution < 1.29 is 14.3 Å². The Hall–Kier alpha value is -2.78. The number of ether oxygens (including phenoxy) is 1. The average Bonchev–Trinajstić information content (AvgIpc) is 3.33. The number of imide groups is 1. The van der Waals surface area contributed by atoms with Gasteiger partial charge in [0.25, 0.3) is 0 Å². The highest BCUT2D eigenvalue weighted by Gasteiger charge is 2.48. The zero-order valence-electron chi connectivity index (χ0n) is 18.3. The molecule has 5 nitrogen and oxygen atoms in total. The van der Waals surface area contributed by atoms with Crippen molar-refractivity contribution >= 4 is 25.3 Å². The van der Waals surface area contributed by atoms with Crippen LogP contribution >= 0.6 is 0 Å². The lowest BCUT2D eigenvalue weighted by Crippen LogP contribution is -2.45. The third-order valence-corrected chi connectivity index (χ3v) is 6.31. The first-order valence-corrected chi connectivity index (χ1v) is 10.7. The maximum absolute atomic E-state index is 13.7. The van der Waals surface area contributed by atoms with Crippen LogP contribution in [-0.2, 0) is 9.53 Å². The molecule has 31 heavy (non-hydrogen) atoms. The van der Waals surface area contributed by atoms with Crippen molar-refractivity contribution in [2.24, 2.45) is 5.92 Å². The first-order valence-electron chi connectivity index (χ1n) is 10.7. The van der Waals surface area contributed by atoms with Crippen molar-refractivity contribution in [3.63, 3.8) is 0 Å². The van der Waals surface area contributed by atoms with Crippen molar-refractivity contribution in [1.82, 2.24) is 9.80 Å². The van der Waals surface area contributed by atoms with Gasteiger partial charge in [0.15, 0.2) is 0 Å². The average molecular weight is 414 g/mol. The van der Waals surface area contributed by atoms with Crippen LogP contribution in [0.4, 0.5) is 4.79 Å². The molecular weight excluding hydrogens is 387 g/mol. The molecule has 1 aliphatic carbocycles. The molecule has 2 heterocycles. The Morgan fingerprint density at radius 3 is 2.61 bits per heavy atom. The third-order valence-electron chi connectivity index (χ3n) is 6.31. The van der Waals surface area contributed by atoms with E-state index in [9.17, 15) is 9.59 Å². The van der Waals surface area contributed by atoms with Crippen LogP contribution in [-0.4, -0.2) is 60.9 Å². The lowest BCUT2D eigenvalue weighted by molar-refractivity contribution is -0.133. The van der Waals surface area contributed by atoms with E-state index in [1.54, 1.807) is 6.08 Å². The van der Waals surface area contributed by atoms with E-state index in [2.05, 4.69) is 37.1 Å². The van der Waals surface area contributed by atoms with E-state index >= 15 is 0 Å². The highest BCUT2D eigenvalue weighted by Crippen LogP contribution is 2.38. The minimum Gasteiger partial charge on any atom is -0.447 e. The summed E-state index contributed by atoms with van der Waals surface area (Å²) in [5.74, 6) is -0.513. The summed E-state index contributed by atoms with van der Waals surface area (Å²) in [4.78, 5) is 30.0. The molecule has 3 atom stereocenters. The monoisotopic (exact) mass is 414 g/mol. The molecule has 158 valence electrons. The fourth-order valence-electron chi connectivity index (χ4n) is 4.50. The number of rotatable bonds is 4. The number of nitrogens with zero attached hydrogens (tertiary/aromatic N) is 2. The number of amides is 2. The molecule has 2 radical (unpaired) electrons. The topological polar surface area (TPSA) is 49.9 Å². The largest absolute Gasteiger partial charge is 0.447 e. The van der Waals surface area contributed by atoms with Gasteiger partial charge in [-0.05, 0) is 38.5 Å². The summed E-state index contributed by atoms with van der Waals surface area (Å²) in [6, 6.07) is 7.38. The van der Waals surface area contributed by atoms with Crippen LogP contribution in [0.5, 0.6) is 0 Å². The van der Waals surface area contributed by atoms with E-state index in [1.807, 2.05) is 36.4 Å². The van der Waals surface area contributed by atoms with Crippen LogP contribution in [0.15, 0.2) is 59.5 Å². The molecule has 6 heteroatoms. The second-order valence-electron chi connectivity index (χ2n) is 9.42. The molecule has 0 saturated carbocycles. The van der Waals surface area contributed by atoms with Crippen LogP contribution in [0.3, 0.4) is 0 Å². The van der Waals surface area contributed by atoms with Gasteiger partial charge in [0, 0.05) is 36.5 Å². The molecule has 2 saturated heterocycles. The summed E-state index contributed by atoms with van der Waals surface area (Å²) in [5.41, 5.74) is 8.56. The summed E-state index contributed by atoms with van der Waals surface area (Å²) in [5, 5.41) is 0. The van der Waals surface area contributed by atoms with E-state index in [4.69, 9.17) is 12.6 Å². The van der Waals surface area contributed by atoms with Gasteiger partial charge in [0.1, 0.15) is 14.5 Å². The number of likely N-dealkylation sites (tertiary alicyclic amines) is 1. The van der Waals surface area contributed by atoms with Crippen LogP contribution in [0, 0.1) is 5.92 Å². The van der Waals surface area contributed by atoms with Gasteiger partial charge in [-0.25, -0.2) is 9.69 Å². The molecule has 1 aromatic rings. The molecule has 0 aromatic heterocycles. The molecule has 0 N–H and O–H groups in total. The van der Waals surface area contributed by atoms with Gasteiger partial charge in [-0.1, -0.05) is 47.3 Å². The molecule has 0 bridgehead atoms. The van der Waals surface area contributed by atoms with Crippen LogP contribution in [0.25, 0.3) is 0 Å². The van der Waals surface area contributed by atoms with Crippen LogP contribution in [0.1, 0.15) is 38.7 Å². The van der Waals surface area contributed by atoms with E-state index in [-0.39, 0.29) is 35.9 Å². The van der Waals surface area contributed by atoms with Gasteiger partial charge in [0.05, 0.1) is 12.0 Å². The zero-order chi connectivity index (χ0) is 22.2. The van der Waals surface area contributed by atoms with Crippen LogP contribution in [0.2, 0.25) is 0 Å². The second kappa shape index (κ2) is 8.40. The molecular formula is C25H27BN2O3. The number of carbonyl (C=O) groups excluding carboxylic acids is 2. The lowest BCUT2D eigenvalue weighted by atomic mass is 9.85. The Morgan fingerprint density at radius 2 is 1.97 bits per heavy atom. The third kappa shape index (κ3) is 4.47. The molecule has 2 aliphatic heterocycles. The summed E-state index contributed by atoms with van der Waals surface area (Å²) < 4.78 is 5.29.